The van der Waals surface area contributed by atoms with Gasteiger partial charge in [-0.3, -0.25) is 0 Å². The molecule has 7 aromatic rings. The van der Waals surface area contributed by atoms with Crippen LogP contribution in [0.2, 0.25) is 0 Å². The van der Waals surface area contributed by atoms with Crippen molar-refractivity contribution in [2.75, 3.05) is 11.7 Å². The van der Waals surface area contributed by atoms with E-state index in [0.717, 1.165) is 17.2 Å². The lowest BCUT2D eigenvalue weighted by Crippen LogP contribution is -2.23. The molecule has 0 spiro atoms. The summed E-state index contributed by atoms with van der Waals surface area (Å²) < 4.78 is 11.8. The van der Waals surface area contributed by atoms with Crippen molar-refractivity contribution in [1.29, 1.82) is 0 Å². The first-order chi connectivity index (χ1) is 27.5. The van der Waals surface area contributed by atoms with Gasteiger partial charge in [-0.25, -0.2) is 0 Å². The van der Waals surface area contributed by atoms with Crippen LogP contribution in [0.3, 0.4) is 0 Å². The molecule has 7 aromatic carbocycles. The van der Waals surface area contributed by atoms with E-state index in [9.17, 15) is 0 Å². The summed E-state index contributed by atoms with van der Waals surface area (Å²) in [4.78, 5) is 2.48. The molecule has 0 radical (unpaired) electrons. The maximum atomic E-state index is 6.01. The predicted octanol–water partition coefficient (Wildman–Crippen LogP) is 12.4. The summed E-state index contributed by atoms with van der Waals surface area (Å²) in [6, 6.07) is 58.3. The number of rotatable bonds is 3. The molecular weight excluding hydrogens is 683 g/mol. The number of hydrogen-bond donors (Lipinski definition) is 0. The van der Waals surface area contributed by atoms with Gasteiger partial charge in [-0.1, -0.05) is 123 Å². The van der Waals surface area contributed by atoms with Crippen LogP contribution in [-0.4, -0.2) is 6.79 Å². The third-order valence-corrected chi connectivity index (χ3v) is 15.7. The fourth-order valence-electron chi connectivity index (χ4n) is 14.1. The van der Waals surface area contributed by atoms with Crippen LogP contribution in [0.4, 0.5) is 17.1 Å². The minimum atomic E-state index is 0.0569. The maximum absolute atomic E-state index is 6.01. The number of ether oxygens (including phenoxy) is 2. The van der Waals surface area contributed by atoms with E-state index >= 15 is 0 Å². The summed E-state index contributed by atoms with van der Waals surface area (Å²) in [6.45, 7) is 5.40. The lowest BCUT2D eigenvalue weighted by atomic mass is 9.70. The second-order valence-corrected chi connectivity index (χ2v) is 17.8. The maximum Gasteiger partial charge on any atom is 0.231 e. The van der Waals surface area contributed by atoms with Crippen LogP contribution in [0.5, 0.6) is 11.5 Å². The zero-order valence-corrected chi connectivity index (χ0v) is 31.4. The van der Waals surface area contributed by atoms with Crippen molar-refractivity contribution >= 4 is 17.1 Å². The topological polar surface area (TPSA) is 21.7 Å². The molecular formula is C53H39NO2. The molecule has 0 amide bonds. The van der Waals surface area contributed by atoms with E-state index < -0.39 is 0 Å². The monoisotopic (exact) mass is 721 g/mol. The first-order valence-corrected chi connectivity index (χ1v) is 20.4. The van der Waals surface area contributed by atoms with Gasteiger partial charge in [-0.15, -0.1) is 0 Å². The smallest absolute Gasteiger partial charge is 0.231 e. The third-order valence-electron chi connectivity index (χ3n) is 15.7. The van der Waals surface area contributed by atoms with Crippen molar-refractivity contribution < 1.29 is 9.47 Å². The van der Waals surface area contributed by atoms with Gasteiger partial charge in [0, 0.05) is 63.8 Å². The normalized spacial score (nSPS) is 28.9. The molecule has 6 aliphatic carbocycles. The van der Waals surface area contributed by atoms with Crippen molar-refractivity contribution in [3.8, 4) is 11.5 Å². The zero-order chi connectivity index (χ0) is 36.7. The molecule has 0 saturated carbocycles. The van der Waals surface area contributed by atoms with Gasteiger partial charge in [-0.05, 0) is 103 Å². The van der Waals surface area contributed by atoms with Gasteiger partial charge in [0.1, 0.15) is 0 Å². The molecule has 8 unspecified atom stereocenters. The summed E-state index contributed by atoms with van der Waals surface area (Å²) in [5.74, 6) is 3.76. The molecule has 0 aromatic heterocycles. The Morgan fingerprint density at radius 2 is 0.661 bits per heavy atom. The van der Waals surface area contributed by atoms with E-state index in [-0.39, 0.29) is 17.6 Å². The minimum Gasteiger partial charge on any atom is -0.454 e. The van der Waals surface area contributed by atoms with Crippen molar-refractivity contribution in [1.82, 2.24) is 0 Å². The summed E-state index contributed by atoms with van der Waals surface area (Å²) in [5.41, 5.74) is 21.5. The Labute approximate surface area is 327 Å². The second-order valence-electron chi connectivity index (χ2n) is 17.8. The lowest BCUT2D eigenvalue weighted by molar-refractivity contribution is 0.174. The molecule has 0 N–H and O–H groups in total. The average molecular weight is 722 g/mol. The number of hydrogen-bond acceptors (Lipinski definition) is 3. The Balaban J connectivity index is 0.987. The van der Waals surface area contributed by atoms with Gasteiger partial charge >= 0.3 is 0 Å². The summed E-state index contributed by atoms with van der Waals surface area (Å²) in [5, 5.41) is 0. The van der Waals surface area contributed by atoms with Crippen molar-refractivity contribution in [3.63, 3.8) is 0 Å². The van der Waals surface area contributed by atoms with E-state index in [1.807, 2.05) is 0 Å². The van der Waals surface area contributed by atoms with E-state index in [1.54, 1.807) is 0 Å². The SMILES string of the molecule is CC12C3c4ccccc4C1c1ccc(N(c4ccc5c(c4)OCO5)c4ccc5c(c4)C4c6ccccc6C6c7ccccc7C5C64C)cc1C2c1ccccc13. The van der Waals surface area contributed by atoms with E-state index in [1.165, 1.54) is 78.1 Å². The molecule has 8 atom stereocenters. The molecule has 3 heteroatoms. The largest absolute Gasteiger partial charge is 0.454 e. The summed E-state index contributed by atoms with van der Waals surface area (Å²) in [6.07, 6.45) is 0. The molecule has 56 heavy (non-hydrogen) atoms. The second kappa shape index (κ2) is 10.0. The average Bonchev–Trinajstić information content (AvgIpc) is 4.05. The Hall–Kier alpha value is -6.06. The zero-order valence-electron chi connectivity index (χ0n) is 31.4. The highest BCUT2D eigenvalue weighted by Crippen LogP contribution is 2.77. The van der Waals surface area contributed by atoms with Crippen molar-refractivity contribution in [2.24, 2.45) is 10.8 Å². The Kier molecular flexibility index (Phi) is 5.40. The van der Waals surface area contributed by atoms with Crippen molar-refractivity contribution in [3.05, 3.63) is 218 Å². The number of nitrogens with zero attached hydrogens (tertiary/aromatic N) is 1. The summed E-state index contributed by atoms with van der Waals surface area (Å²) in [7, 11) is 0. The predicted molar refractivity (Wildman–Crippen MR) is 220 cm³/mol. The van der Waals surface area contributed by atoms with Crippen LogP contribution >= 0.6 is 0 Å². The summed E-state index contributed by atoms with van der Waals surface area (Å²) >= 11 is 0. The number of anilines is 3. The first kappa shape index (κ1) is 30.2. The Morgan fingerprint density at radius 1 is 0.357 bits per heavy atom. The fourth-order valence-corrected chi connectivity index (χ4v) is 14.1. The van der Waals surface area contributed by atoms with Gasteiger partial charge < -0.3 is 14.4 Å². The molecule has 0 fully saturated rings. The van der Waals surface area contributed by atoms with Crippen LogP contribution in [0, 0.1) is 10.8 Å². The molecule has 3 nitrogen and oxygen atoms in total. The van der Waals surface area contributed by atoms with E-state index in [2.05, 4.69) is 170 Å². The van der Waals surface area contributed by atoms with Crippen LogP contribution in [-0.2, 0) is 0 Å². The van der Waals surface area contributed by atoms with Crippen molar-refractivity contribution in [2.45, 2.75) is 49.4 Å². The molecule has 0 bridgehead atoms. The van der Waals surface area contributed by atoms with Gasteiger partial charge in [-0.2, -0.15) is 0 Å². The molecule has 1 aliphatic heterocycles. The standard InChI is InChI=1S/C53H39NO2/c1-52-46-32-11-3-5-13-34(32)48(52)40-22-19-29(25-42(40)50(52)38-17-9-7-15-36(38)46)54(31-21-24-44-45(27-31)56-28-55-44)30-20-23-41-43(26-30)51-39-18-10-8-16-37(39)47-33-12-4-6-14-35(33)49(41)53(47,51)2/h3-27,46-51H,28H2,1-2H3. The first-order valence-electron chi connectivity index (χ1n) is 20.4. The Bertz CT molecular complexity index is 2730. The van der Waals surface area contributed by atoms with E-state index in [4.69, 9.17) is 9.47 Å². The molecule has 0 saturated heterocycles. The van der Waals surface area contributed by atoms with Crippen LogP contribution in [0.1, 0.15) is 116 Å². The minimum absolute atomic E-state index is 0.0569. The van der Waals surface area contributed by atoms with Crippen LogP contribution < -0.4 is 14.4 Å². The molecule has 268 valence electrons. The highest BCUT2D eigenvalue weighted by molar-refractivity contribution is 5.82. The van der Waals surface area contributed by atoms with Gasteiger partial charge in [0.2, 0.25) is 6.79 Å². The highest BCUT2D eigenvalue weighted by atomic mass is 16.7. The highest BCUT2D eigenvalue weighted by Gasteiger charge is 2.66. The lowest BCUT2D eigenvalue weighted by Gasteiger charge is -2.31. The quantitative estimate of drug-likeness (QED) is 0.181. The molecule has 7 aliphatic rings. The number of fused-ring (bicyclic) bond motifs is 19. The Morgan fingerprint density at radius 3 is 1.05 bits per heavy atom. The van der Waals surface area contributed by atoms with Crippen LogP contribution in [0.25, 0.3) is 0 Å². The molecule has 14 rings (SSSR count). The van der Waals surface area contributed by atoms with Crippen LogP contribution in [0.15, 0.2) is 152 Å². The van der Waals surface area contributed by atoms with Gasteiger partial charge in [0.15, 0.2) is 11.5 Å². The third kappa shape index (κ3) is 3.30. The van der Waals surface area contributed by atoms with Gasteiger partial charge in [0.05, 0.1) is 5.69 Å². The fraction of sp³-hybridized carbons (Fsp3) is 0.208. The van der Waals surface area contributed by atoms with Gasteiger partial charge in [0.25, 0.3) is 0 Å². The number of benzene rings is 7. The van der Waals surface area contributed by atoms with E-state index in [0.29, 0.717) is 35.5 Å². The molecule has 1 heterocycles.